The minimum atomic E-state index is -3.96. The van der Waals surface area contributed by atoms with Crippen LogP contribution in [0.2, 0.25) is 0 Å². The number of nitrogens with one attached hydrogen (secondary N) is 1. The Morgan fingerprint density at radius 2 is 1.69 bits per heavy atom. The van der Waals surface area contributed by atoms with E-state index in [0.29, 0.717) is 11.5 Å². The van der Waals surface area contributed by atoms with Crippen molar-refractivity contribution >= 4 is 19.7 Å². The first-order valence-electron chi connectivity index (χ1n) is 8.80. The van der Waals surface area contributed by atoms with Crippen molar-refractivity contribution in [3.8, 4) is 11.5 Å². The summed E-state index contributed by atoms with van der Waals surface area (Å²) < 4.78 is 73.9. The van der Waals surface area contributed by atoms with E-state index in [1.165, 1.54) is 14.2 Å². The van der Waals surface area contributed by atoms with Crippen molar-refractivity contribution < 1.29 is 30.7 Å². The van der Waals surface area contributed by atoms with Gasteiger partial charge < -0.3 is 14.8 Å². The summed E-state index contributed by atoms with van der Waals surface area (Å²) >= 11 is 0. The Morgan fingerprint density at radius 3 is 2.31 bits per heavy atom. The minimum Gasteiger partial charge on any atom is -0.493 e. The minimum absolute atomic E-state index is 0.0982. The summed E-state index contributed by atoms with van der Waals surface area (Å²) in [5, 5.41) is 1.90. The molecule has 1 N–H and O–H groups in total. The second kappa shape index (κ2) is 8.29. The molecule has 1 fully saturated rings. The van der Waals surface area contributed by atoms with Gasteiger partial charge in [0.05, 0.1) is 35.9 Å². The van der Waals surface area contributed by atoms with E-state index in [4.69, 9.17) is 9.47 Å². The normalized spacial score (nSPS) is 21.1. The summed E-state index contributed by atoms with van der Waals surface area (Å²) in [6, 6.07) is 8.84. The molecule has 0 bridgehead atoms. The van der Waals surface area contributed by atoms with Crippen LogP contribution in [-0.4, -0.2) is 53.9 Å². The van der Waals surface area contributed by atoms with Gasteiger partial charge in [0, 0.05) is 12.6 Å². The molecule has 0 unspecified atom stereocenters. The average Bonchev–Trinajstić information content (AvgIpc) is 3.01. The topological polar surface area (TPSA) is 98.8 Å². The zero-order chi connectivity index (χ0) is 21.2. The standard InChI is InChI=1S/C19H22FNO6S2/c1-26-17-8-3-13(9-18(17)27-2)10-21-16-11-28(22,23)12-19(16)29(24,25)15-6-4-14(20)5-7-15/h3-9,16,19,21H,10-12H2,1-2H3/t16-,19-/m1/s1. The number of hydrogen-bond acceptors (Lipinski definition) is 7. The molecule has 1 saturated heterocycles. The van der Waals surface area contributed by atoms with Gasteiger partial charge in [-0.2, -0.15) is 0 Å². The third-order valence-corrected chi connectivity index (χ3v) is 9.02. The van der Waals surface area contributed by atoms with Crippen LogP contribution >= 0.6 is 0 Å². The molecule has 0 spiro atoms. The SMILES string of the molecule is COc1ccc(CN[C@@H]2CS(=O)(=O)C[C@H]2S(=O)(=O)c2ccc(F)cc2)cc1OC. The van der Waals surface area contributed by atoms with E-state index < -0.39 is 42.5 Å². The monoisotopic (exact) mass is 443 g/mol. The molecule has 158 valence electrons. The van der Waals surface area contributed by atoms with E-state index in [1.807, 2.05) is 0 Å². The lowest BCUT2D eigenvalue weighted by molar-refractivity contribution is 0.354. The van der Waals surface area contributed by atoms with Crippen molar-refractivity contribution in [3.05, 3.63) is 53.8 Å². The molecule has 0 saturated carbocycles. The van der Waals surface area contributed by atoms with Crippen LogP contribution in [0.15, 0.2) is 47.4 Å². The molecule has 10 heteroatoms. The fourth-order valence-electron chi connectivity index (χ4n) is 3.35. The van der Waals surface area contributed by atoms with Gasteiger partial charge >= 0.3 is 0 Å². The summed E-state index contributed by atoms with van der Waals surface area (Å²) in [4.78, 5) is -0.0982. The molecule has 0 radical (unpaired) electrons. The summed E-state index contributed by atoms with van der Waals surface area (Å²) in [7, 11) is -4.47. The molecule has 29 heavy (non-hydrogen) atoms. The maximum Gasteiger partial charge on any atom is 0.183 e. The Hall–Kier alpha value is -2.17. The lowest BCUT2D eigenvalue weighted by atomic mass is 10.1. The molecule has 2 aromatic carbocycles. The van der Waals surface area contributed by atoms with Gasteiger partial charge in [0.25, 0.3) is 0 Å². The Labute approximate surface area is 169 Å². The summed E-state index contributed by atoms with van der Waals surface area (Å²) in [5.41, 5.74) is 0.782. The zero-order valence-electron chi connectivity index (χ0n) is 16.0. The van der Waals surface area contributed by atoms with Crippen LogP contribution in [0.5, 0.6) is 11.5 Å². The van der Waals surface area contributed by atoms with Gasteiger partial charge in [0.2, 0.25) is 0 Å². The maximum atomic E-state index is 13.2. The predicted molar refractivity (Wildman–Crippen MR) is 106 cm³/mol. The fourth-order valence-corrected chi connectivity index (χ4v) is 8.07. The fraction of sp³-hybridized carbons (Fsp3) is 0.368. The van der Waals surface area contributed by atoms with Gasteiger partial charge in [-0.3, -0.25) is 0 Å². The Balaban J connectivity index is 1.83. The molecule has 0 aromatic heterocycles. The van der Waals surface area contributed by atoms with Crippen LogP contribution in [0.3, 0.4) is 0 Å². The molecule has 1 heterocycles. The number of rotatable bonds is 7. The molecule has 3 rings (SSSR count). The van der Waals surface area contributed by atoms with Crippen molar-refractivity contribution in [1.29, 1.82) is 0 Å². The first-order chi connectivity index (χ1) is 13.7. The smallest absolute Gasteiger partial charge is 0.183 e. The second-order valence-electron chi connectivity index (χ2n) is 6.79. The molecular formula is C19H22FNO6S2. The number of halogens is 1. The molecule has 7 nitrogen and oxygen atoms in total. The highest BCUT2D eigenvalue weighted by Gasteiger charge is 2.45. The molecule has 2 atom stereocenters. The quantitative estimate of drug-likeness (QED) is 0.649. The second-order valence-corrected chi connectivity index (χ2v) is 11.1. The molecule has 1 aliphatic heterocycles. The van der Waals surface area contributed by atoms with E-state index in [-0.39, 0.29) is 17.2 Å². The van der Waals surface area contributed by atoms with Gasteiger partial charge in [-0.15, -0.1) is 0 Å². The Bertz CT molecular complexity index is 1080. The molecule has 0 aliphatic carbocycles. The first-order valence-corrected chi connectivity index (χ1v) is 12.2. The number of ether oxygens (including phenoxy) is 2. The van der Waals surface area contributed by atoms with E-state index in [2.05, 4.69) is 5.32 Å². The van der Waals surface area contributed by atoms with Gasteiger partial charge in [-0.05, 0) is 42.0 Å². The highest BCUT2D eigenvalue weighted by molar-refractivity contribution is 7.96. The lowest BCUT2D eigenvalue weighted by Crippen LogP contribution is -2.43. The van der Waals surface area contributed by atoms with E-state index in [0.717, 1.165) is 29.8 Å². The van der Waals surface area contributed by atoms with Crippen LogP contribution in [0.4, 0.5) is 4.39 Å². The largest absolute Gasteiger partial charge is 0.493 e. The maximum absolute atomic E-state index is 13.2. The molecule has 2 aromatic rings. The van der Waals surface area contributed by atoms with E-state index >= 15 is 0 Å². The van der Waals surface area contributed by atoms with Gasteiger partial charge in [0.15, 0.2) is 31.2 Å². The highest BCUT2D eigenvalue weighted by Crippen LogP contribution is 2.29. The Morgan fingerprint density at radius 1 is 1.03 bits per heavy atom. The van der Waals surface area contributed by atoms with Gasteiger partial charge in [-0.25, -0.2) is 21.2 Å². The van der Waals surface area contributed by atoms with Crippen molar-refractivity contribution in [2.24, 2.45) is 0 Å². The first kappa shape index (κ1) is 21.5. The highest BCUT2D eigenvalue weighted by atomic mass is 32.2. The van der Waals surface area contributed by atoms with Crippen LogP contribution in [-0.2, 0) is 26.2 Å². The van der Waals surface area contributed by atoms with Crippen molar-refractivity contribution in [2.75, 3.05) is 25.7 Å². The van der Waals surface area contributed by atoms with Gasteiger partial charge in [-0.1, -0.05) is 6.07 Å². The summed E-state index contributed by atoms with van der Waals surface area (Å²) in [5.74, 6) is -0.259. The number of sulfone groups is 2. The predicted octanol–water partition coefficient (Wildman–Crippen LogP) is 1.57. The van der Waals surface area contributed by atoms with Crippen LogP contribution in [0.1, 0.15) is 5.56 Å². The third kappa shape index (κ3) is 4.71. The molecular weight excluding hydrogens is 421 g/mol. The number of benzene rings is 2. The van der Waals surface area contributed by atoms with Crippen molar-refractivity contribution in [1.82, 2.24) is 5.32 Å². The van der Waals surface area contributed by atoms with Crippen molar-refractivity contribution in [3.63, 3.8) is 0 Å². The van der Waals surface area contributed by atoms with Crippen LogP contribution in [0.25, 0.3) is 0 Å². The van der Waals surface area contributed by atoms with Crippen molar-refractivity contribution in [2.45, 2.75) is 22.7 Å². The van der Waals surface area contributed by atoms with E-state index in [9.17, 15) is 21.2 Å². The number of methoxy groups -OCH3 is 2. The average molecular weight is 444 g/mol. The summed E-state index contributed by atoms with van der Waals surface area (Å²) in [6.07, 6.45) is 0. The number of hydrogen-bond donors (Lipinski definition) is 1. The molecule has 1 aliphatic rings. The lowest BCUT2D eigenvalue weighted by Gasteiger charge is -2.20. The molecule has 0 amide bonds. The Kier molecular flexibility index (Phi) is 6.16. The van der Waals surface area contributed by atoms with Crippen LogP contribution < -0.4 is 14.8 Å². The van der Waals surface area contributed by atoms with Gasteiger partial charge in [0.1, 0.15) is 5.82 Å². The zero-order valence-corrected chi connectivity index (χ0v) is 17.6. The van der Waals surface area contributed by atoms with Crippen LogP contribution in [0, 0.1) is 5.82 Å². The summed E-state index contributed by atoms with van der Waals surface area (Å²) in [6.45, 7) is 0.246. The van der Waals surface area contributed by atoms with E-state index in [1.54, 1.807) is 18.2 Å². The third-order valence-electron chi connectivity index (χ3n) is 4.86.